The van der Waals surface area contributed by atoms with Gasteiger partial charge in [-0.15, -0.1) is 0 Å². The van der Waals surface area contributed by atoms with Gasteiger partial charge in [-0.3, -0.25) is 4.79 Å². The second-order valence-corrected chi connectivity index (χ2v) is 8.38. The van der Waals surface area contributed by atoms with Gasteiger partial charge in [0.1, 0.15) is 12.4 Å². The Morgan fingerprint density at radius 3 is 2.56 bits per heavy atom. The predicted octanol–water partition coefficient (Wildman–Crippen LogP) is 3.04. The van der Waals surface area contributed by atoms with Crippen LogP contribution in [-0.2, 0) is 15.6 Å². The minimum Gasteiger partial charge on any atom is -0.492 e. The third kappa shape index (κ3) is 6.40. The average molecular weight is 382 g/mol. The summed E-state index contributed by atoms with van der Waals surface area (Å²) in [6, 6.07) is 13.7. The van der Waals surface area contributed by atoms with Crippen molar-refractivity contribution in [3.05, 3.63) is 64.7 Å². The number of hydrogen-bond donors (Lipinski definition) is 0. The zero-order valence-corrected chi connectivity index (χ0v) is 15.7. The Morgan fingerprint density at radius 2 is 1.88 bits per heavy atom. The first kappa shape index (κ1) is 19.3. The van der Waals surface area contributed by atoms with E-state index in [0.29, 0.717) is 35.1 Å². The average Bonchev–Trinajstić information content (AvgIpc) is 2.53. The van der Waals surface area contributed by atoms with Crippen LogP contribution in [0.5, 0.6) is 5.75 Å². The summed E-state index contributed by atoms with van der Waals surface area (Å²) in [5.74, 6) is 0.365. The lowest BCUT2D eigenvalue weighted by molar-refractivity contribution is 0.0773. The summed E-state index contributed by atoms with van der Waals surface area (Å²) >= 11 is 5.89. The second kappa shape index (κ2) is 8.36. The Kier molecular flexibility index (Phi) is 6.45. The van der Waals surface area contributed by atoms with Gasteiger partial charge in [-0.1, -0.05) is 29.8 Å². The molecule has 25 heavy (non-hydrogen) atoms. The van der Waals surface area contributed by atoms with E-state index < -0.39 is 9.84 Å². The molecule has 0 fully saturated rings. The summed E-state index contributed by atoms with van der Waals surface area (Å²) in [5.41, 5.74) is 1.04. The molecule has 0 saturated carbocycles. The molecule has 0 heterocycles. The molecule has 0 unspecified atom stereocenters. The monoisotopic (exact) mass is 381 g/mol. The van der Waals surface area contributed by atoms with Crippen LogP contribution in [0.1, 0.15) is 15.9 Å². The maximum atomic E-state index is 12.5. The fourth-order valence-corrected chi connectivity index (χ4v) is 3.24. The van der Waals surface area contributed by atoms with Crippen molar-refractivity contribution >= 4 is 27.3 Å². The summed E-state index contributed by atoms with van der Waals surface area (Å²) in [7, 11) is -1.47. The molecule has 0 aliphatic carbocycles. The van der Waals surface area contributed by atoms with Gasteiger partial charge < -0.3 is 9.64 Å². The molecule has 0 bridgehead atoms. The van der Waals surface area contributed by atoms with Crippen LogP contribution in [0.4, 0.5) is 0 Å². The summed E-state index contributed by atoms with van der Waals surface area (Å²) in [4.78, 5) is 14.0. The van der Waals surface area contributed by atoms with Crippen molar-refractivity contribution in [2.75, 3.05) is 26.5 Å². The fraction of sp³-hybridized carbons (Fsp3) is 0.278. The Bertz CT molecular complexity index is 852. The maximum absolute atomic E-state index is 12.5. The van der Waals surface area contributed by atoms with Crippen LogP contribution in [0.2, 0.25) is 5.02 Å². The zero-order chi connectivity index (χ0) is 18.4. The van der Waals surface area contributed by atoms with E-state index in [1.807, 2.05) is 0 Å². The van der Waals surface area contributed by atoms with Gasteiger partial charge >= 0.3 is 0 Å². The number of nitrogens with zero attached hydrogens (tertiary/aromatic N) is 1. The number of benzene rings is 2. The zero-order valence-electron chi connectivity index (χ0n) is 14.1. The molecular weight excluding hydrogens is 362 g/mol. The quantitative estimate of drug-likeness (QED) is 0.739. The van der Waals surface area contributed by atoms with Crippen LogP contribution in [-0.4, -0.2) is 45.7 Å². The van der Waals surface area contributed by atoms with Crippen molar-refractivity contribution in [1.29, 1.82) is 0 Å². The van der Waals surface area contributed by atoms with E-state index in [0.717, 1.165) is 0 Å². The smallest absolute Gasteiger partial charge is 0.253 e. The van der Waals surface area contributed by atoms with E-state index in [1.165, 1.54) is 11.2 Å². The highest BCUT2D eigenvalue weighted by molar-refractivity contribution is 7.89. The van der Waals surface area contributed by atoms with Crippen LogP contribution < -0.4 is 4.74 Å². The van der Waals surface area contributed by atoms with Gasteiger partial charge in [-0.25, -0.2) is 8.42 Å². The summed E-state index contributed by atoms with van der Waals surface area (Å²) in [6.45, 7) is 0.716. The SMILES string of the molecule is CN(CCOc1cccc(Cl)c1)C(=O)c1cccc(CS(C)(=O)=O)c1. The first-order chi connectivity index (χ1) is 11.7. The van der Waals surface area contributed by atoms with Gasteiger partial charge in [0.05, 0.1) is 12.3 Å². The van der Waals surface area contributed by atoms with Crippen LogP contribution >= 0.6 is 11.6 Å². The minimum atomic E-state index is -3.14. The minimum absolute atomic E-state index is 0.0876. The van der Waals surface area contributed by atoms with Crippen LogP contribution in [0.25, 0.3) is 0 Å². The Hall–Kier alpha value is -2.05. The Morgan fingerprint density at radius 1 is 1.16 bits per heavy atom. The van der Waals surface area contributed by atoms with Crippen molar-refractivity contribution < 1.29 is 17.9 Å². The molecule has 134 valence electrons. The van der Waals surface area contributed by atoms with E-state index >= 15 is 0 Å². The summed E-state index contributed by atoms with van der Waals surface area (Å²) in [6.07, 6.45) is 1.17. The van der Waals surface area contributed by atoms with E-state index in [9.17, 15) is 13.2 Å². The first-order valence-electron chi connectivity index (χ1n) is 7.65. The van der Waals surface area contributed by atoms with Crippen molar-refractivity contribution in [1.82, 2.24) is 4.90 Å². The molecule has 1 amide bonds. The highest BCUT2D eigenvalue weighted by Crippen LogP contribution is 2.17. The molecule has 0 spiro atoms. The van der Waals surface area contributed by atoms with E-state index in [-0.39, 0.29) is 11.7 Å². The highest BCUT2D eigenvalue weighted by Gasteiger charge is 2.13. The van der Waals surface area contributed by atoms with Crippen molar-refractivity contribution in [3.63, 3.8) is 0 Å². The molecule has 0 radical (unpaired) electrons. The predicted molar refractivity (Wildman–Crippen MR) is 98.9 cm³/mol. The van der Waals surface area contributed by atoms with Crippen molar-refractivity contribution in [2.24, 2.45) is 0 Å². The molecule has 0 saturated heterocycles. The molecule has 0 aliphatic rings. The molecular formula is C18H20ClNO4S. The van der Waals surface area contributed by atoms with Crippen LogP contribution in [0.3, 0.4) is 0 Å². The normalized spacial score (nSPS) is 11.2. The number of sulfone groups is 1. The lowest BCUT2D eigenvalue weighted by Gasteiger charge is -2.18. The molecule has 0 aliphatic heterocycles. The number of amides is 1. The largest absolute Gasteiger partial charge is 0.492 e. The van der Waals surface area contributed by atoms with E-state index in [4.69, 9.17) is 16.3 Å². The third-order valence-corrected chi connectivity index (χ3v) is 4.53. The summed E-state index contributed by atoms with van der Waals surface area (Å²) in [5, 5.41) is 0.588. The molecule has 0 atom stereocenters. The third-order valence-electron chi connectivity index (χ3n) is 3.44. The van der Waals surface area contributed by atoms with Gasteiger partial charge in [0, 0.05) is 23.9 Å². The van der Waals surface area contributed by atoms with Crippen LogP contribution in [0.15, 0.2) is 48.5 Å². The Labute approximate surface area is 153 Å². The van der Waals surface area contributed by atoms with Gasteiger partial charge in [0.2, 0.25) is 0 Å². The van der Waals surface area contributed by atoms with Gasteiger partial charge in [-0.05, 0) is 35.9 Å². The molecule has 0 aromatic heterocycles. The number of rotatable bonds is 7. The lowest BCUT2D eigenvalue weighted by atomic mass is 10.1. The van der Waals surface area contributed by atoms with Gasteiger partial charge in [0.25, 0.3) is 5.91 Å². The molecule has 0 N–H and O–H groups in total. The molecule has 5 nitrogen and oxygen atoms in total. The van der Waals surface area contributed by atoms with E-state index in [1.54, 1.807) is 55.6 Å². The molecule has 7 heteroatoms. The highest BCUT2D eigenvalue weighted by atomic mass is 35.5. The number of carbonyl (C=O) groups is 1. The standard InChI is InChI=1S/C18H20ClNO4S/c1-20(9-10-24-17-8-4-7-16(19)12-17)18(21)15-6-3-5-14(11-15)13-25(2,22)23/h3-8,11-12H,9-10,13H2,1-2H3. The number of halogens is 1. The van der Waals surface area contributed by atoms with Crippen molar-refractivity contribution in [3.8, 4) is 5.75 Å². The fourth-order valence-electron chi connectivity index (χ4n) is 2.28. The van der Waals surface area contributed by atoms with Gasteiger partial charge in [-0.2, -0.15) is 0 Å². The number of likely N-dealkylation sites (N-methyl/N-ethyl adjacent to an activating group) is 1. The Balaban J connectivity index is 1.94. The summed E-state index contributed by atoms with van der Waals surface area (Å²) < 4.78 is 28.4. The second-order valence-electron chi connectivity index (χ2n) is 5.80. The van der Waals surface area contributed by atoms with Gasteiger partial charge in [0.15, 0.2) is 9.84 Å². The first-order valence-corrected chi connectivity index (χ1v) is 10.1. The number of hydrogen-bond acceptors (Lipinski definition) is 4. The lowest BCUT2D eigenvalue weighted by Crippen LogP contribution is -2.31. The maximum Gasteiger partial charge on any atom is 0.253 e. The molecule has 2 aromatic carbocycles. The number of carbonyl (C=O) groups excluding carboxylic acids is 1. The topological polar surface area (TPSA) is 63.7 Å². The van der Waals surface area contributed by atoms with Crippen LogP contribution in [0, 0.1) is 0 Å². The molecule has 2 rings (SSSR count). The number of ether oxygens (including phenoxy) is 1. The molecule has 2 aromatic rings. The van der Waals surface area contributed by atoms with E-state index in [2.05, 4.69) is 0 Å². The van der Waals surface area contributed by atoms with Crippen molar-refractivity contribution in [2.45, 2.75) is 5.75 Å².